The molecule has 1 aliphatic heterocycles. The number of piperazine rings is 1. The van der Waals surface area contributed by atoms with Crippen molar-refractivity contribution in [2.24, 2.45) is 0 Å². The van der Waals surface area contributed by atoms with E-state index in [2.05, 4.69) is 9.88 Å². The minimum atomic E-state index is -0.309. The van der Waals surface area contributed by atoms with Gasteiger partial charge in [-0.25, -0.2) is 4.98 Å². The van der Waals surface area contributed by atoms with Crippen LogP contribution in [0.1, 0.15) is 21.6 Å². The van der Waals surface area contributed by atoms with Crippen LogP contribution in [-0.2, 0) is 0 Å². The molecule has 0 saturated carbocycles. The summed E-state index contributed by atoms with van der Waals surface area (Å²) in [5, 5.41) is 10.3. The lowest BCUT2D eigenvalue weighted by molar-refractivity contribution is 0.0558. The summed E-state index contributed by atoms with van der Waals surface area (Å²) in [5.41, 5.74) is 0. The van der Waals surface area contributed by atoms with E-state index < -0.39 is 0 Å². The molecule has 0 aromatic carbocycles. The summed E-state index contributed by atoms with van der Waals surface area (Å²) in [6, 6.07) is 0. The predicted molar refractivity (Wildman–Crippen MR) is 70.9 cm³/mol. The van der Waals surface area contributed by atoms with Gasteiger partial charge in [0.1, 0.15) is 4.88 Å². The Labute approximate surface area is 111 Å². The highest BCUT2D eigenvalue weighted by Crippen LogP contribution is 2.15. The van der Waals surface area contributed by atoms with E-state index in [0.717, 1.165) is 36.1 Å². The molecule has 100 valence electrons. The lowest BCUT2D eigenvalue weighted by Gasteiger charge is -2.34. The molecule has 2 heterocycles. The van der Waals surface area contributed by atoms with Gasteiger partial charge in [-0.05, 0) is 13.8 Å². The third-order valence-corrected chi connectivity index (χ3v) is 3.91. The monoisotopic (exact) mass is 269 g/mol. The molecule has 1 atom stereocenters. The number of carbonyl (C=O) groups excluding carboxylic acids is 1. The average molecular weight is 269 g/mol. The number of aromatic nitrogens is 1. The van der Waals surface area contributed by atoms with E-state index in [9.17, 15) is 9.90 Å². The van der Waals surface area contributed by atoms with E-state index >= 15 is 0 Å². The highest BCUT2D eigenvalue weighted by Gasteiger charge is 2.23. The molecular formula is C12H19N3O2S. The molecule has 1 aromatic heterocycles. The molecule has 6 heteroatoms. The molecule has 1 saturated heterocycles. The van der Waals surface area contributed by atoms with Crippen LogP contribution in [0.5, 0.6) is 0 Å². The summed E-state index contributed by atoms with van der Waals surface area (Å²) < 4.78 is 0. The number of aryl methyl sites for hydroxylation is 1. The van der Waals surface area contributed by atoms with Gasteiger partial charge in [-0.1, -0.05) is 0 Å². The van der Waals surface area contributed by atoms with E-state index in [1.54, 1.807) is 13.1 Å². The molecule has 0 spiro atoms. The Morgan fingerprint density at radius 2 is 2.17 bits per heavy atom. The van der Waals surface area contributed by atoms with Crippen LogP contribution in [0.25, 0.3) is 0 Å². The standard InChI is InChI=1S/C12H19N3O2S/c1-9(16)8-14-3-5-15(6-4-14)12(17)11-7-13-10(2)18-11/h7,9,16H,3-6,8H2,1-2H3/t9-/m1/s1. The quantitative estimate of drug-likeness (QED) is 0.872. The molecule has 1 fully saturated rings. The maximum atomic E-state index is 12.2. The lowest BCUT2D eigenvalue weighted by Crippen LogP contribution is -2.50. The Bertz CT molecular complexity index is 411. The first-order valence-corrected chi connectivity index (χ1v) is 7.00. The Kier molecular flexibility index (Phi) is 4.31. The Morgan fingerprint density at radius 1 is 1.50 bits per heavy atom. The van der Waals surface area contributed by atoms with Crippen molar-refractivity contribution < 1.29 is 9.90 Å². The lowest BCUT2D eigenvalue weighted by atomic mass is 10.2. The van der Waals surface area contributed by atoms with E-state index in [1.165, 1.54) is 11.3 Å². The number of β-amino-alcohol motifs (C(OH)–C–C–N with tert-alkyl or cyclic N) is 1. The third kappa shape index (κ3) is 3.28. The number of hydrogen-bond donors (Lipinski definition) is 1. The number of aliphatic hydroxyl groups excluding tert-OH is 1. The smallest absolute Gasteiger partial charge is 0.265 e. The van der Waals surface area contributed by atoms with Crippen LogP contribution in [0, 0.1) is 6.92 Å². The van der Waals surface area contributed by atoms with Crippen LogP contribution in [0.15, 0.2) is 6.20 Å². The predicted octanol–water partition coefficient (Wildman–Crippen LogP) is 0.590. The Morgan fingerprint density at radius 3 is 2.67 bits per heavy atom. The molecule has 1 N–H and O–H groups in total. The van der Waals surface area contributed by atoms with Crippen LogP contribution < -0.4 is 0 Å². The van der Waals surface area contributed by atoms with Gasteiger partial charge in [0.25, 0.3) is 5.91 Å². The first-order chi connectivity index (χ1) is 8.56. The highest BCUT2D eigenvalue weighted by molar-refractivity contribution is 7.13. The van der Waals surface area contributed by atoms with Crippen LogP contribution in [0.4, 0.5) is 0 Å². The van der Waals surface area contributed by atoms with Crippen LogP contribution in [-0.4, -0.2) is 64.6 Å². The minimum absolute atomic E-state index is 0.0808. The molecule has 0 radical (unpaired) electrons. The number of hydrogen-bond acceptors (Lipinski definition) is 5. The van der Waals surface area contributed by atoms with Gasteiger partial charge in [0.05, 0.1) is 17.3 Å². The van der Waals surface area contributed by atoms with Crippen molar-refractivity contribution in [2.45, 2.75) is 20.0 Å². The highest BCUT2D eigenvalue weighted by atomic mass is 32.1. The molecule has 0 aliphatic carbocycles. The number of nitrogens with zero attached hydrogens (tertiary/aromatic N) is 3. The number of rotatable bonds is 3. The molecule has 1 amide bonds. The molecule has 1 aromatic rings. The second-order valence-corrected chi connectivity index (χ2v) is 5.92. The van der Waals surface area contributed by atoms with Gasteiger partial charge >= 0.3 is 0 Å². The maximum Gasteiger partial charge on any atom is 0.265 e. The number of carbonyl (C=O) groups is 1. The SMILES string of the molecule is Cc1ncc(C(=O)N2CCN(C[C@@H](C)O)CC2)s1. The van der Waals surface area contributed by atoms with Crippen molar-refractivity contribution in [1.82, 2.24) is 14.8 Å². The molecule has 18 heavy (non-hydrogen) atoms. The fourth-order valence-corrected chi connectivity index (χ4v) is 2.87. The van der Waals surface area contributed by atoms with E-state index in [1.807, 2.05) is 11.8 Å². The summed E-state index contributed by atoms with van der Waals surface area (Å²) in [5.74, 6) is 0.0808. The van der Waals surface area contributed by atoms with Gasteiger partial charge in [0.15, 0.2) is 0 Å². The fourth-order valence-electron chi connectivity index (χ4n) is 2.12. The van der Waals surface area contributed by atoms with Crippen molar-refractivity contribution in [3.05, 3.63) is 16.1 Å². The van der Waals surface area contributed by atoms with E-state index in [0.29, 0.717) is 6.54 Å². The second kappa shape index (κ2) is 5.77. The minimum Gasteiger partial charge on any atom is -0.392 e. The van der Waals surface area contributed by atoms with Crippen molar-refractivity contribution >= 4 is 17.2 Å². The fraction of sp³-hybridized carbons (Fsp3) is 0.667. The van der Waals surface area contributed by atoms with E-state index in [-0.39, 0.29) is 12.0 Å². The first kappa shape index (κ1) is 13.5. The van der Waals surface area contributed by atoms with Crippen LogP contribution >= 0.6 is 11.3 Å². The van der Waals surface area contributed by atoms with Crippen molar-refractivity contribution in [2.75, 3.05) is 32.7 Å². The largest absolute Gasteiger partial charge is 0.392 e. The zero-order chi connectivity index (χ0) is 13.1. The Hall–Kier alpha value is -0.980. The summed E-state index contributed by atoms with van der Waals surface area (Å²) in [4.78, 5) is 21.1. The summed E-state index contributed by atoms with van der Waals surface area (Å²) in [6.45, 7) is 7.48. The summed E-state index contributed by atoms with van der Waals surface area (Å²) in [7, 11) is 0. The molecular weight excluding hydrogens is 250 g/mol. The van der Waals surface area contributed by atoms with Crippen LogP contribution in [0.2, 0.25) is 0 Å². The Balaban J connectivity index is 1.88. The second-order valence-electron chi connectivity index (χ2n) is 4.69. The van der Waals surface area contributed by atoms with Gasteiger partial charge < -0.3 is 10.0 Å². The molecule has 1 aliphatic rings. The summed E-state index contributed by atoms with van der Waals surface area (Å²) >= 11 is 1.45. The van der Waals surface area contributed by atoms with Crippen molar-refractivity contribution in [1.29, 1.82) is 0 Å². The number of amides is 1. The number of thiazole rings is 1. The zero-order valence-electron chi connectivity index (χ0n) is 10.8. The first-order valence-electron chi connectivity index (χ1n) is 6.18. The molecule has 0 bridgehead atoms. The van der Waals surface area contributed by atoms with Gasteiger partial charge in [-0.3, -0.25) is 9.69 Å². The van der Waals surface area contributed by atoms with Gasteiger partial charge in [-0.2, -0.15) is 0 Å². The van der Waals surface area contributed by atoms with Gasteiger partial charge in [0, 0.05) is 32.7 Å². The van der Waals surface area contributed by atoms with Crippen molar-refractivity contribution in [3.8, 4) is 0 Å². The summed E-state index contributed by atoms with van der Waals surface area (Å²) in [6.07, 6.45) is 1.35. The zero-order valence-corrected chi connectivity index (χ0v) is 11.6. The third-order valence-electron chi connectivity index (χ3n) is 3.01. The maximum absolute atomic E-state index is 12.2. The molecule has 2 rings (SSSR count). The normalized spacial score (nSPS) is 18.9. The average Bonchev–Trinajstić information content (AvgIpc) is 2.75. The number of aliphatic hydroxyl groups is 1. The van der Waals surface area contributed by atoms with Crippen molar-refractivity contribution in [3.63, 3.8) is 0 Å². The van der Waals surface area contributed by atoms with Gasteiger partial charge in [-0.15, -0.1) is 11.3 Å². The topological polar surface area (TPSA) is 56.7 Å². The van der Waals surface area contributed by atoms with E-state index in [4.69, 9.17) is 0 Å². The van der Waals surface area contributed by atoms with Gasteiger partial charge in [0.2, 0.25) is 0 Å². The molecule has 0 unspecified atom stereocenters. The van der Waals surface area contributed by atoms with Crippen LogP contribution in [0.3, 0.4) is 0 Å². The molecule has 5 nitrogen and oxygen atoms in total.